The van der Waals surface area contributed by atoms with Crippen molar-refractivity contribution >= 4 is 16.6 Å². The molecule has 0 bridgehead atoms. The van der Waals surface area contributed by atoms with Crippen molar-refractivity contribution in [2.45, 2.75) is 20.4 Å². The summed E-state index contributed by atoms with van der Waals surface area (Å²) >= 11 is 0. The predicted octanol–water partition coefficient (Wildman–Crippen LogP) is 3.46. The fraction of sp³-hybridized carbons (Fsp3) is 0.250. The second-order valence-corrected chi connectivity index (χ2v) is 4.85. The molecule has 0 atom stereocenters. The number of rotatable bonds is 4. The fourth-order valence-electron chi connectivity index (χ4n) is 2.19. The Kier molecular flexibility index (Phi) is 3.48. The maximum absolute atomic E-state index is 5.57. The lowest BCUT2D eigenvalue weighted by Crippen LogP contribution is -2.02. The Morgan fingerprint density at radius 3 is 2.81 bits per heavy atom. The summed E-state index contributed by atoms with van der Waals surface area (Å²) in [4.78, 5) is 8.75. The lowest BCUT2D eigenvalue weighted by Gasteiger charge is -2.08. The first-order valence-corrected chi connectivity index (χ1v) is 6.77. The van der Waals surface area contributed by atoms with Crippen molar-refractivity contribution in [2.75, 3.05) is 12.4 Å². The Hall–Kier alpha value is -2.56. The van der Waals surface area contributed by atoms with E-state index in [9.17, 15) is 0 Å². The van der Waals surface area contributed by atoms with Gasteiger partial charge in [0, 0.05) is 11.6 Å². The number of hydrogen-bond acceptors (Lipinski definition) is 5. The van der Waals surface area contributed by atoms with Crippen molar-refractivity contribution in [1.29, 1.82) is 0 Å². The van der Waals surface area contributed by atoms with E-state index in [4.69, 9.17) is 9.15 Å². The van der Waals surface area contributed by atoms with Crippen LogP contribution in [0.1, 0.15) is 17.3 Å². The van der Waals surface area contributed by atoms with E-state index >= 15 is 0 Å². The molecule has 5 nitrogen and oxygen atoms in total. The Bertz CT molecular complexity index is 761. The molecular formula is C16H17N3O2. The van der Waals surface area contributed by atoms with Gasteiger partial charge in [-0.05, 0) is 37.4 Å². The molecule has 0 amide bonds. The van der Waals surface area contributed by atoms with Gasteiger partial charge in [-0.15, -0.1) is 0 Å². The first-order valence-electron chi connectivity index (χ1n) is 6.77. The lowest BCUT2D eigenvalue weighted by molar-refractivity contribution is 0.415. The van der Waals surface area contributed by atoms with Crippen LogP contribution in [0.5, 0.6) is 5.75 Å². The van der Waals surface area contributed by atoms with Gasteiger partial charge >= 0.3 is 0 Å². The number of ether oxygens (including phenoxy) is 1. The summed E-state index contributed by atoms with van der Waals surface area (Å²) in [5, 5.41) is 5.39. The summed E-state index contributed by atoms with van der Waals surface area (Å²) in [5.41, 5.74) is 0.916. The third-order valence-electron chi connectivity index (χ3n) is 3.45. The number of pyridine rings is 1. The average Bonchev–Trinajstić information content (AvgIpc) is 2.83. The quantitative estimate of drug-likeness (QED) is 0.794. The maximum Gasteiger partial charge on any atom is 0.213 e. The van der Waals surface area contributed by atoms with Gasteiger partial charge in [0.25, 0.3) is 0 Å². The van der Waals surface area contributed by atoms with Crippen molar-refractivity contribution < 1.29 is 9.15 Å². The minimum absolute atomic E-state index is 0.498. The molecule has 0 saturated heterocycles. The highest BCUT2D eigenvalue weighted by molar-refractivity contribution is 5.92. The monoisotopic (exact) mass is 283 g/mol. The number of nitrogens with zero attached hydrogens (tertiary/aromatic N) is 2. The average molecular weight is 283 g/mol. The number of nitrogens with one attached hydrogen (secondary N) is 1. The highest BCUT2D eigenvalue weighted by Crippen LogP contribution is 2.26. The van der Waals surface area contributed by atoms with E-state index in [1.165, 1.54) is 0 Å². The molecule has 0 aliphatic rings. The topological polar surface area (TPSA) is 60.2 Å². The smallest absolute Gasteiger partial charge is 0.213 e. The van der Waals surface area contributed by atoms with Crippen LogP contribution in [-0.4, -0.2) is 17.1 Å². The summed E-state index contributed by atoms with van der Waals surface area (Å²) in [7, 11) is 1.66. The van der Waals surface area contributed by atoms with Crippen LogP contribution >= 0.6 is 0 Å². The molecule has 1 N–H and O–H groups in total. The third-order valence-corrected chi connectivity index (χ3v) is 3.45. The van der Waals surface area contributed by atoms with Crippen molar-refractivity contribution in [1.82, 2.24) is 9.97 Å². The molecule has 108 valence electrons. The molecule has 0 unspecified atom stereocenters. The molecule has 1 aromatic carbocycles. The summed E-state index contributed by atoms with van der Waals surface area (Å²) in [6.07, 6.45) is 1.78. The minimum Gasteiger partial charge on any atom is -0.497 e. The number of fused-ring (bicyclic) bond motifs is 1. The van der Waals surface area contributed by atoms with Crippen LogP contribution in [0.3, 0.4) is 0 Å². The summed E-state index contributed by atoms with van der Waals surface area (Å²) in [6.45, 7) is 4.34. The van der Waals surface area contributed by atoms with Gasteiger partial charge in [-0.1, -0.05) is 6.07 Å². The number of anilines is 1. The van der Waals surface area contributed by atoms with Crippen molar-refractivity contribution in [3.8, 4) is 5.75 Å². The second-order valence-electron chi connectivity index (χ2n) is 4.85. The summed E-state index contributed by atoms with van der Waals surface area (Å²) in [6, 6.07) is 7.89. The molecule has 2 aromatic heterocycles. The molecule has 0 radical (unpaired) electrons. The van der Waals surface area contributed by atoms with Crippen LogP contribution in [0.4, 0.5) is 5.82 Å². The zero-order chi connectivity index (χ0) is 14.8. The van der Waals surface area contributed by atoms with Gasteiger partial charge < -0.3 is 14.5 Å². The maximum atomic E-state index is 5.57. The third kappa shape index (κ3) is 2.67. The Morgan fingerprint density at radius 2 is 2.10 bits per heavy atom. The van der Waals surface area contributed by atoms with Gasteiger partial charge in [-0.2, -0.15) is 0 Å². The van der Waals surface area contributed by atoms with E-state index in [0.717, 1.165) is 33.8 Å². The molecule has 2 heterocycles. The van der Waals surface area contributed by atoms with Crippen LogP contribution in [-0.2, 0) is 6.54 Å². The van der Waals surface area contributed by atoms with Gasteiger partial charge in [-0.25, -0.2) is 9.97 Å². The highest BCUT2D eigenvalue weighted by Gasteiger charge is 2.08. The zero-order valence-corrected chi connectivity index (χ0v) is 12.3. The van der Waals surface area contributed by atoms with Gasteiger partial charge in [0.1, 0.15) is 17.3 Å². The lowest BCUT2D eigenvalue weighted by atomic mass is 10.1. The van der Waals surface area contributed by atoms with Crippen LogP contribution in [0.2, 0.25) is 0 Å². The first-order chi connectivity index (χ1) is 10.2. The number of methoxy groups -OCH3 is 1. The largest absolute Gasteiger partial charge is 0.497 e. The van der Waals surface area contributed by atoms with E-state index in [1.807, 2.05) is 38.1 Å². The van der Waals surface area contributed by atoms with Gasteiger partial charge in [0.05, 0.1) is 19.3 Å². The number of aromatic nitrogens is 2. The van der Waals surface area contributed by atoms with Crippen molar-refractivity contribution in [2.24, 2.45) is 0 Å². The number of hydrogen-bond donors (Lipinski definition) is 1. The van der Waals surface area contributed by atoms with E-state index in [0.29, 0.717) is 12.4 Å². The van der Waals surface area contributed by atoms with Crippen LogP contribution in [0.25, 0.3) is 10.8 Å². The molecule has 5 heteroatoms. The van der Waals surface area contributed by atoms with Crippen molar-refractivity contribution in [3.63, 3.8) is 0 Å². The van der Waals surface area contributed by atoms with Crippen LogP contribution in [0.15, 0.2) is 34.9 Å². The van der Waals surface area contributed by atoms with Crippen LogP contribution < -0.4 is 10.1 Å². The predicted molar refractivity (Wildman–Crippen MR) is 81.6 cm³/mol. The summed E-state index contributed by atoms with van der Waals surface area (Å²) < 4.78 is 10.8. The van der Waals surface area contributed by atoms with Gasteiger partial charge in [0.2, 0.25) is 5.89 Å². The second kappa shape index (κ2) is 5.44. The molecule has 0 aliphatic carbocycles. The Labute approximate surface area is 123 Å². The Balaban J connectivity index is 1.89. The standard InChI is InChI=1S/C16H17N3O2/c1-10-11(2)21-15(19-10)9-18-16-14-8-13(20-3)5-4-12(14)6-7-17-16/h4-8H,9H2,1-3H3,(H,17,18). The SMILES string of the molecule is COc1ccc2ccnc(NCc3nc(C)c(C)o3)c2c1. The molecule has 0 aliphatic heterocycles. The van der Waals surface area contributed by atoms with E-state index in [1.54, 1.807) is 13.3 Å². The Morgan fingerprint density at radius 1 is 1.24 bits per heavy atom. The van der Waals surface area contributed by atoms with E-state index < -0.39 is 0 Å². The summed E-state index contributed by atoms with van der Waals surface area (Å²) in [5.74, 6) is 3.10. The number of benzene rings is 1. The zero-order valence-electron chi connectivity index (χ0n) is 12.3. The van der Waals surface area contributed by atoms with E-state index in [2.05, 4.69) is 15.3 Å². The van der Waals surface area contributed by atoms with E-state index in [-0.39, 0.29) is 0 Å². The minimum atomic E-state index is 0.498. The highest BCUT2D eigenvalue weighted by atomic mass is 16.5. The molecule has 0 fully saturated rings. The first kappa shape index (κ1) is 13.4. The fourth-order valence-corrected chi connectivity index (χ4v) is 2.19. The number of aryl methyl sites for hydroxylation is 2. The molecule has 3 aromatic rings. The van der Waals surface area contributed by atoms with Gasteiger partial charge in [0.15, 0.2) is 0 Å². The van der Waals surface area contributed by atoms with Crippen LogP contribution in [0, 0.1) is 13.8 Å². The molecule has 3 rings (SSSR count). The normalized spacial score (nSPS) is 10.8. The number of oxazole rings is 1. The molecule has 0 spiro atoms. The molecular weight excluding hydrogens is 266 g/mol. The molecule has 0 saturated carbocycles. The molecule has 21 heavy (non-hydrogen) atoms. The van der Waals surface area contributed by atoms with Gasteiger partial charge in [-0.3, -0.25) is 0 Å². The van der Waals surface area contributed by atoms with Crippen molar-refractivity contribution in [3.05, 3.63) is 47.8 Å².